The first kappa shape index (κ1) is 22.8. The zero-order valence-electron chi connectivity index (χ0n) is 19.2. The van der Waals surface area contributed by atoms with Gasteiger partial charge in [-0.15, -0.1) is 23.1 Å². The Morgan fingerprint density at radius 1 is 1.03 bits per heavy atom. The molecule has 2 aromatic rings. The lowest BCUT2D eigenvalue weighted by Gasteiger charge is -2.39. The number of thioether (sulfide) groups is 1. The highest BCUT2D eigenvalue weighted by atomic mass is 32.2. The molecule has 1 unspecified atom stereocenters. The molecule has 0 bridgehead atoms. The molecule has 1 aliphatic heterocycles. The van der Waals surface area contributed by atoms with Gasteiger partial charge in [0.2, 0.25) is 0 Å². The Morgan fingerprint density at radius 2 is 1.79 bits per heavy atom. The van der Waals surface area contributed by atoms with Gasteiger partial charge in [-0.05, 0) is 68.0 Å². The molecule has 1 atom stereocenters. The van der Waals surface area contributed by atoms with Crippen molar-refractivity contribution in [3.63, 3.8) is 0 Å². The summed E-state index contributed by atoms with van der Waals surface area (Å²) in [5, 5.41) is 21.2. The van der Waals surface area contributed by atoms with Gasteiger partial charge in [0.1, 0.15) is 16.9 Å². The summed E-state index contributed by atoms with van der Waals surface area (Å²) < 4.78 is 0. The molecule has 0 amide bonds. The minimum atomic E-state index is -0.469. The van der Waals surface area contributed by atoms with Crippen molar-refractivity contribution in [1.29, 1.82) is 10.5 Å². The minimum absolute atomic E-state index is 0.0714. The Labute approximate surface area is 208 Å². The molecular formula is C27H26N4OS2. The van der Waals surface area contributed by atoms with E-state index in [1.165, 1.54) is 11.3 Å². The fourth-order valence-corrected chi connectivity index (χ4v) is 7.24. The molecule has 2 N–H and O–H groups in total. The summed E-state index contributed by atoms with van der Waals surface area (Å²) in [5.41, 5.74) is 11.4. The smallest absolute Gasteiger partial charge is 0.161 e. The third-order valence-electron chi connectivity index (χ3n) is 7.08. The van der Waals surface area contributed by atoms with Crippen molar-refractivity contribution in [2.24, 2.45) is 5.73 Å². The van der Waals surface area contributed by atoms with E-state index in [0.717, 1.165) is 58.8 Å². The molecule has 5 rings (SSSR count). The maximum atomic E-state index is 13.4. The summed E-state index contributed by atoms with van der Waals surface area (Å²) >= 11 is 3.27. The van der Waals surface area contributed by atoms with E-state index in [-0.39, 0.29) is 5.78 Å². The Kier molecular flexibility index (Phi) is 6.25. The van der Waals surface area contributed by atoms with Gasteiger partial charge in [-0.25, -0.2) is 0 Å². The average molecular weight is 487 g/mol. The molecule has 172 valence electrons. The quantitative estimate of drug-likeness (QED) is 0.428. The van der Waals surface area contributed by atoms with E-state index in [4.69, 9.17) is 5.73 Å². The lowest BCUT2D eigenvalue weighted by Crippen LogP contribution is -2.38. The molecule has 0 saturated heterocycles. The summed E-state index contributed by atoms with van der Waals surface area (Å²) in [5.74, 6) is -0.0480. The summed E-state index contributed by atoms with van der Waals surface area (Å²) in [7, 11) is 0. The molecule has 0 saturated carbocycles. The van der Waals surface area contributed by atoms with Crippen molar-refractivity contribution in [2.45, 2.75) is 62.2 Å². The van der Waals surface area contributed by atoms with Crippen LogP contribution in [0.3, 0.4) is 0 Å². The van der Waals surface area contributed by atoms with E-state index in [1.807, 2.05) is 35.4 Å². The third kappa shape index (κ3) is 3.64. The van der Waals surface area contributed by atoms with Gasteiger partial charge in [-0.2, -0.15) is 10.5 Å². The number of ketones is 1. The number of Topliss-reactive ketones (excluding diaryl/α,β-unsaturated/α-hetero) is 1. The predicted octanol–water partition coefficient (Wildman–Crippen LogP) is 5.92. The number of carbonyl (C=O) groups excluding carboxylic acids is 1. The summed E-state index contributed by atoms with van der Waals surface area (Å²) in [6.45, 7) is 0. The van der Waals surface area contributed by atoms with Crippen molar-refractivity contribution in [2.75, 3.05) is 11.2 Å². The Morgan fingerprint density at radius 3 is 2.50 bits per heavy atom. The first-order valence-electron chi connectivity index (χ1n) is 11.7. The number of nitriles is 2. The summed E-state index contributed by atoms with van der Waals surface area (Å²) in [4.78, 5) is 17.6. The number of aryl methyl sites for hydroxylation is 1. The van der Waals surface area contributed by atoms with E-state index in [1.54, 1.807) is 23.1 Å². The van der Waals surface area contributed by atoms with Gasteiger partial charge in [0, 0.05) is 27.5 Å². The van der Waals surface area contributed by atoms with Crippen LogP contribution in [-0.2, 0) is 17.6 Å². The molecule has 3 aliphatic rings. The van der Waals surface area contributed by atoms with Crippen LogP contribution in [0, 0.1) is 22.7 Å². The molecule has 0 fully saturated rings. The predicted molar refractivity (Wildman–Crippen MR) is 136 cm³/mol. The van der Waals surface area contributed by atoms with Gasteiger partial charge >= 0.3 is 0 Å². The molecule has 7 heteroatoms. The summed E-state index contributed by atoms with van der Waals surface area (Å²) in [6.07, 6.45) is 9.16. The van der Waals surface area contributed by atoms with E-state index < -0.39 is 5.92 Å². The first-order chi connectivity index (χ1) is 16.6. The van der Waals surface area contributed by atoms with E-state index in [0.29, 0.717) is 35.4 Å². The maximum absolute atomic E-state index is 13.4. The molecule has 2 heterocycles. The fourth-order valence-electron chi connectivity index (χ4n) is 5.45. The number of hydrogen-bond donors (Lipinski definition) is 1. The van der Waals surface area contributed by atoms with Crippen LogP contribution >= 0.6 is 23.1 Å². The minimum Gasteiger partial charge on any atom is -0.384 e. The number of rotatable bonds is 3. The van der Waals surface area contributed by atoms with E-state index in [9.17, 15) is 15.3 Å². The van der Waals surface area contributed by atoms with Gasteiger partial charge in [0.05, 0.1) is 23.1 Å². The molecule has 1 aromatic heterocycles. The molecule has 2 aliphatic carbocycles. The van der Waals surface area contributed by atoms with Gasteiger partial charge in [0.25, 0.3) is 0 Å². The topological polar surface area (TPSA) is 93.9 Å². The Balaban J connectivity index is 1.72. The molecule has 0 radical (unpaired) electrons. The SMILES string of the molecule is CSc1ccc(C2C(C#N)=C(N)N(c3sc4c(c3C#N)CCCCC4)C3=C2C(=O)CCC3)cc1. The molecular weight excluding hydrogens is 460 g/mol. The number of nitrogens with zero attached hydrogens (tertiary/aromatic N) is 3. The van der Waals surface area contributed by atoms with Crippen LogP contribution < -0.4 is 10.6 Å². The molecule has 5 nitrogen and oxygen atoms in total. The van der Waals surface area contributed by atoms with Crippen molar-refractivity contribution >= 4 is 33.9 Å². The second-order valence-electron chi connectivity index (χ2n) is 8.95. The highest BCUT2D eigenvalue weighted by Crippen LogP contribution is 2.50. The van der Waals surface area contributed by atoms with Gasteiger partial charge in [0.15, 0.2) is 5.78 Å². The van der Waals surface area contributed by atoms with E-state index in [2.05, 4.69) is 12.1 Å². The second-order valence-corrected chi connectivity index (χ2v) is 10.9. The van der Waals surface area contributed by atoms with E-state index >= 15 is 0 Å². The number of fused-ring (bicyclic) bond motifs is 1. The monoisotopic (exact) mass is 486 g/mol. The second kappa shape index (κ2) is 9.33. The first-order valence-corrected chi connectivity index (χ1v) is 13.8. The van der Waals surface area contributed by atoms with Crippen LogP contribution in [0.1, 0.15) is 66.0 Å². The summed E-state index contributed by atoms with van der Waals surface area (Å²) in [6, 6.07) is 12.8. The van der Waals surface area contributed by atoms with Crippen LogP contribution in [-0.4, -0.2) is 12.0 Å². The number of thiophene rings is 1. The largest absolute Gasteiger partial charge is 0.384 e. The van der Waals surface area contributed by atoms with Gasteiger partial charge in [-0.1, -0.05) is 18.6 Å². The van der Waals surface area contributed by atoms with Gasteiger partial charge in [-0.3, -0.25) is 9.69 Å². The highest BCUT2D eigenvalue weighted by Gasteiger charge is 2.41. The zero-order chi connectivity index (χ0) is 23.8. The Bertz CT molecular complexity index is 1300. The van der Waals surface area contributed by atoms with Crippen molar-refractivity contribution in [3.05, 3.63) is 68.5 Å². The lowest BCUT2D eigenvalue weighted by molar-refractivity contribution is -0.116. The van der Waals surface area contributed by atoms with Crippen molar-refractivity contribution in [3.8, 4) is 12.1 Å². The van der Waals surface area contributed by atoms with Crippen LogP contribution in [0.5, 0.6) is 0 Å². The van der Waals surface area contributed by atoms with Crippen LogP contribution in [0.2, 0.25) is 0 Å². The van der Waals surface area contributed by atoms with Gasteiger partial charge < -0.3 is 5.73 Å². The maximum Gasteiger partial charge on any atom is 0.161 e. The number of benzene rings is 1. The average Bonchev–Trinajstić information content (AvgIpc) is 3.03. The normalized spacial score (nSPS) is 20.4. The fraction of sp³-hybridized carbons (Fsp3) is 0.370. The number of carbonyl (C=O) groups is 1. The molecule has 34 heavy (non-hydrogen) atoms. The zero-order valence-corrected chi connectivity index (χ0v) is 20.8. The highest BCUT2D eigenvalue weighted by molar-refractivity contribution is 7.98. The standard InChI is InChI=1S/C27H26N4OS2/c1-33-17-12-10-16(11-13-17)24-20(15-29)26(30)31(21-7-5-8-22(32)25(21)24)27-19(14-28)18-6-3-2-4-9-23(18)34-27/h10-13,24H,2-9,30H2,1H3. The lowest BCUT2D eigenvalue weighted by atomic mass is 9.75. The van der Waals surface area contributed by atoms with Crippen LogP contribution in [0.4, 0.5) is 5.00 Å². The van der Waals surface area contributed by atoms with Crippen LogP contribution in [0.25, 0.3) is 0 Å². The Hall–Kier alpha value is -3.00. The number of nitrogens with two attached hydrogens (primary N) is 1. The van der Waals surface area contributed by atoms with Crippen molar-refractivity contribution < 1.29 is 4.79 Å². The van der Waals surface area contributed by atoms with Crippen LogP contribution in [0.15, 0.2) is 51.8 Å². The molecule has 0 spiro atoms. The molecule has 1 aromatic carbocycles. The van der Waals surface area contributed by atoms with Crippen molar-refractivity contribution in [1.82, 2.24) is 0 Å². The number of allylic oxidation sites excluding steroid dienone is 3. The third-order valence-corrected chi connectivity index (χ3v) is 9.10. The number of anilines is 1. The number of hydrogen-bond acceptors (Lipinski definition) is 7.